The van der Waals surface area contributed by atoms with Crippen LogP contribution in [0.15, 0.2) is 115 Å². The third-order valence-electron chi connectivity index (χ3n) is 4.64. The van der Waals surface area contributed by atoms with Crippen molar-refractivity contribution in [2.45, 2.75) is 0 Å². The monoisotopic (exact) mass is 481 g/mol. The molecule has 4 rings (SSSR count). The Balaban J connectivity index is 0.00000210. The Labute approximate surface area is 169 Å². The van der Waals surface area contributed by atoms with Crippen molar-refractivity contribution in [3.05, 3.63) is 120 Å². The Hall–Kier alpha value is -2.05. The van der Waals surface area contributed by atoms with E-state index in [-0.39, 0.29) is 5.48 Å². The normalized spacial score (nSPS) is 10.9. The van der Waals surface area contributed by atoms with E-state index >= 15 is 0 Å². The number of hydrogen-bond donors (Lipinski definition) is 0. The van der Waals surface area contributed by atoms with E-state index < -0.39 is 18.8 Å². The fraction of sp³-hybridized carbons (Fsp3) is 0. The Morgan fingerprint density at radius 2 is 0.704 bits per heavy atom. The van der Waals surface area contributed by atoms with Crippen molar-refractivity contribution in [3.8, 4) is 0 Å². The summed E-state index contributed by atoms with van der Waals surface area (Å²) in [6, 6.07) is 41.4. The van der Waals surface area contributed by atoms with Crippen molar-refractivity contribution >= 4 is 44.4 Å². The molecule has 0 amide bonds. The molecule has 0 aliphatic carbocycles. The van der Waals surface area contributed by atoms with Crippen molar-refractivity contribution in [1.29, 1.82) is 0 Å². The van der Waals surface area contributed by atoms with Gasteiger partial charge in [-0.05, 0) is 0 Å². The minimum absolute atomic E-state index is 0. The third-order valence-corrected chi connectivity index (χ3v) is 17.1. The first-order chi connectivity index (χ1) is 12.8. The summed E-state index contributed by atoms with van der Waals surface area (Å²) >= 11 is 2.97. The molecule has 0 saturated carbocycles. The Morgan fingerprint density at radius 3 is 1.04 bits per heavy atom. The quantitative estimate of drug-likeness (QED) is 0.401. The zero-order chi connectivity index (χ0) is 17.8. The maximum absolute atomic E-state index is 6.22. The molecule has 2 N–H and O–H groups in total. The van der Waals surface area contributed by atoms with E-state index in [1.807, 2.05) is 12.1 Å². The molecular formula is C24H21ClOSb. The van der Waals surface area contributed by atoms with Crippen LogP contribution in [0.4, 0.5) is 0 Å². The van der Waals surface area contributed by atoms with Crippen LogP contribution in [-0.2, 0) is 0 Å². The fourth-order valence-electron chi connectivity index (χ4n) is 3.51. The average molecular weight is 483 g/mol. The van der Waals surface area contributed by atoms with Gasteiger partial charge in [0, 0.05) is 0 Å². The van der Waals surface area contributed by atoms with Gasteiger partial charge in [0.05, 0.1) is 0 Å². The maximum Gasteiger partial charge on any atom is -0.412 e. The van der Waals surface area contributed by atoms with E-state index in [9.17, 15) is 0 Å². The Bertz CT molecular complexity index is 874. The van der Waals surface area contributed by atoms with Crippen molar-refractivity contribution in [3.63, 3.8) is 0 Å². The van der Waals surface area contributed by atoms with Crippen LogP contribution in [0.3, 0.4) is 0 Å². The van der Waals surface area contributed by atoms with E-state index in [1.54, 1.807) is 0 Å². The van der Waals surface area contributed by atoms with Crippen LogP contribution in [0.5, 0.6) is 0 Å². The topological polar surface area (TPSA) is 31.5 Å². The molecule has 1 radical (unpaired) electrons. The van der Waals surface area contributed by atoms with Crippen LogP contribution in [0.25, 0.3) is 0 Å². The van der Waals surface area contributed by atoms with Gasteiger partial charge in [0.1, 0.15) is 0 Å². The van der Waals surface area contributed by atoms with Gasteiger partial charge in [-0.15, -0.1) is 0 Å². The van der Waals surface area contributed by atoms with Crippen molar-refractivity contribution in [1.82, 2.24) is 0 Å². The third kappa shape index (κ3) is 3.69. The van der Waals surface area contributed by atoms with Gasteiger partial charge in [0.25, 0.3) is 0 Å². The molecule has 135 valence electrons. The summed E-state index contributed by atoms with van der Waals surface area (Å²) in [4.78, 5) is 0. The molecule has 0 bridgehead atoms. The summed E-state index contributed by atoms with van der Waals surface area (Å²) in [7, 11) is 0. The van der Waals surface area contributed by atoms with Crippen molar-refractivity contribution in [2.24, 2.45) is 0 Å². The number of rotatable bonds is 4. The van der Waals surface area contributed by atoms with Gasteiger partial charge in [-0.1, -0.05) is 0 Å². The minimum Gasteiger partial charge on any atom is -0.412 e. The molecule has 0 heterocycles. The second-order valence-electron chi connectivity index (χ2n) is 6.15. The number of benzene rings is 4. The standard InChI is InChI=1S/C6H4Cl.3C6H5.H2O.Sb/c7-6-4-2-1-3-5-6;3*1-2-4-6-5-3-1;;/h2-5H;3*1-5H;1H2;. The van der Waals surface area contributed by atoms with Crippen LogP contribution >= 0.6 is 11.6 Å². The minimum atomic E-state index is -3.26. The van der Waals surface area contributed by atoms with E-state index in [0.29, 0.717) is 0 Å². The molecule has 0 aromatic heterocycles. The summed E-state index contributed by atoms with van der Waals surface area (Å²) in [6.45, 7) is 0. The first-order valence-electron chi connectivity index (χ1n) is 8.64. The van der Waals surface area contributed by atoms with E-state index in [1.165, 1.54) is 14.0 Å². The number of hydrogen-bond acceptors (Lipinski definition) is 0. The smallest absolute Gasteiger partial charge is 0.412 e. The largest absolute Gasteiger partial charge is 0.412 e. The Morgan fingerprint density at radius 1 is 0.407 bits per heavy atom. The van der Waals surface area contributed by atoms with Crippen LogP contribution in [0.1, 0.15) is 0 Å². The molecule has 0 saturated heterocycles. The van der Waals surface area contributed by atoms with Gasteiger partial charge in [0.15, 0.2) is 0 Å². The van der Waals surface area contributed by atoms with E-state index in [2.05, 4.69) is 103 Å². The molecular weight excluding hydrogens is 461 g/mol. The van der Waals surface area contributed by atoms with Gasteiger partial charge in [0.2, 0.25) is 0 Å². The first kappa shape index (κ1) is 19.7. The fourth-order valence-corrected chi connectivity index (χ4v) is 15.8. The van der Waals surface area contributed by atoms with E-state index in [0.717, 1.165) is 5.02 Å². The van der Waals surface area contributed by atoms with Gasteiger partial charge < -0.3 is 5.48 Å². The van der Waals surface area contributed by atoms with E-state index in [4.69, 9.17) is 11.6 Å². The molecule has 0 unspecified atom stereocenters. The molecule has 4 aromatic carbocycles. The molecule has 27 heavy (non-hydrogen) atoms. The zero-order valence-electron chi connectivity index (χ0n) is 14.8. The van der Waals surface area contributed by atoms with Crippen LogP contribution in [-0.4, -0.2) is 24.3 Å². The molecule has 1 nitrogen and oxygen atoms in total. The predicted octanol–water partition coefficient (Wildman–Crippen LogP) is 2.89. The van der Waals surface area contributed by atoms with Crippen molar-refractivity contribution in [2.75, 3.05) is 0 Å². The SMILES string of the molecule is Clc1cc[c]([Sb]([c]2ccccc2)([c]2ccccc2)[c]2ccccc2)cc1.O. The number of halogens is 1. The van der Waals surface area contributed by atoms with Crippen LogP contribution < -0.4 is 14.0 Å². The molecule has 3 heteroatoms. The second kappa shape index (κ2) is 8.76. The average Bonchev–Trinajstić information content (AvgIpc) is 2.72. The second-order valence-corrected chi connectivity index (χ2v) is 16.3. The van der Waals surface area contributed by atoms with Gasteiger partial charge >= 0.3 is 165 Å². The summed E-state index contributed by atoms with van der Waals surface area (Å²) in [5.41, 5.74) is 0. The first-order valence-corrected chi connectivity index (χ1v) is 14.1. The molecule has 0 aliphatic heterocycles. The molecule has 0 spiro atoms. The maximum atomic E-state index is 6.22. The summed E-state index contributed by atoms with van der Waals surface area (Å²) < 4.78 is 5.71. The summed E-state index contributed by atoms with van der Waals surface area (Å²) in [6.07, 6.45) is 0. The van der Waals surface area contributed by atoms with Crippen LogP contribution in [0, 0.1) is 0 Å². The van der Waals surface area contributed by atoms with Crippen LogP contribution in [0.2, 0.25) is 5.02 Å². The Kier molecular flexibility index (Phi) is 6.39. The summed E-state index contributed by atoms with van der Waals surface area (Å²) in [5.74, 6) is 0. The molecule has 4 aromatic rings. The molecule has 0 fully saturated rings. The van der Waals surface area contributed by atoms with Gasteiger partial charge in [-0.2, -0.15) is 0 Å². The molecule has 0 aliphatic rings. The summed E-state index contributed by atoms with van der Waals surface area (Å²) in [5, 5.41) is 0.779. The van der Waals surface area contributed by atoms with Gasteiger partial charge in [-0.25, -0.2) is 0 Å². The predicted molar refractivity (Wildman–Crippen MR) is 119 cm³/mol. The zero-order valence-corrected chi connectivity index (χ0v) is 18.1. The van der Waals surface area contributed by atoms with Crippen molar-refractivity contribution < 1.29 is 5.48 Å². The van der Waals surface area contributed by atoms with Gasteiger partial charge in [-0.3, -0.25) is 0 Å². The molecule has 0 atom stereocenters.